The van der Waals surface area contributed by atoms with E-state index in [4.69, 9.17) is 14.2 Å². The Morgan fingerprint density at radius 2 is 2.00 bits per heavy atom. The van der Waals surface area contributed by atoms with Crippen LogP contribution < -0.4 is 0 Å². The predicted molar refractivity (Wildman–Crippen MR) is 76.1 cm³/mol. The molecule has 2 fully saturated rings. The number of carbonyl (C=O) groups excluding carboxylic acids is 2. The second-order valence-corrected chi connectivity index (χ2v) is 6.82. The number of carbonyl (C=O) groups is 2. The Kier molecular flexibility index (Phi) is 4.94. The third-order valence-electron chi connectivity index (χ3n) is 3.91. The molecule has 7 heteroatoms. The molecule has 1 amide bonds. The molecule has 22 heavy (non-hydrogen) atoms. The Bertz CT molecular complexity index is 436. The van der Waals surface area contributed by atoms with E-state index in [2.05, 4.69) is 0 Å². The first-order valence-corrected chi connectivity index (χ1v) is 7.56. The maximum Gasteiger partial charge on any atom is 0.411 e. The summed E-state index contributed by atoms with van der Waals surface area (Å²) in [5, 5.41) is 0. The first-order valence-electron chi connectivity index (χ1n) is 7.56. The number of alkyl halides is 1. The molecule has 2 rings (SSSR count). The van der Waals surface area contributed by atoms with Gasteiger partial charge in [-0.2, -0.15) is 0 Å². The zero-order valence-electron chi connectivity index (χ0n) is 13.5. The van der Waals surface area contributed by atoms with Crippen LogP contribution in [0, 0.1) is 5.92 Å². The number of fused-ring (bicyclic) bond motifs is 1. The number of halogens is 1. The number of hydrogen-bond donors (Lipinski definition) is 0. The van der Waals surface area contributed by atoms with Crippen LogP contribution in [0.3, 0.4) is 0 Å². The first kappa shape index (κ1) is 17.0. The van der Waals surface area contributed by atoms with Gasteiger partial charge in [-0.25, -0.2) is 14.0 Å². The third-order valence-corrected chi connectivity index (χ3v) is 3.91. The van der Waals surface area contributed by atoms with Crippen molar-refractivity contribution >= 4 is 12.1 Å². The van der Waals surface area contributed by atoms with Gasteiger partial charge in [-0.15, -0.1) is 0 Å². The van der Waals surface area contributed by atoms with Crippen molar-refractivity contribution in [3.05, 3.63) is 0 Å². The zero-order valence-corrected chi connectivity index (χ0v) is 13.5. The molecule has 0 radical (unpaired) electrons. The van der Waals surface area contributed by atoms with Gasteiger partial charge in [0.1, 0.15) is 11.8 Å². The standard InChI is InChI=1S/C15H24FNO5/c1-15(2,3)22-14(19)17-8-9-7-10(16)5-6-21-12(9)11(17)13(18)20-4/h9-12H,5-8H2,1-4H3/t9-,10?,11?,12?/m0/s1. The summed E-state index contributed by atoms with van der Waals surface area (Å²) in [4.78, 5) is 25.8. The van der Waals surface area contributed by atoms with Crippen LogP contribution in [0.5, 0.6) is 0 Å². The molecule has 2 heterocycles. The van der Waals surface area contributed by atoms with Gasteiger partial charge in [0, 0.05) is 25.5 Å². The lowest BCUT2D eigenvalue weighted by Gasteiger charge is -2.28. The molecule has 3 unspecified atom stereocenters. The van der Waals surface area contributed by atoms with Crippen molar-refractivity contribution in [3.8, 4) is 0 Å². The third kappa shape index (κ3) is 3.69. The molecule has 2 saturated heterocycles. The highest BCUT2D eigenvalue weighted by Gasteiger charge is 2.51. The van der Waals surface area contributed by atoms with Crippen LogP contribution in [0.2, 0.25) is 0 Å². The summed E-state index contributed by atoms with van der Waals surface area (Å²) in [5.41, 5.74) is -0.675. The number of hydrogen-bond acceptors (Lipinski definition) is 5. The topological polar surface area (TPSA) is 65.1 Å². The van der Waals surface area contributed by atoms with Gasteiger partial charge in [-0.3, -0.25) is 4.90 Å². The Hall–Kier alpha value is -1.37. The summed E-state index contributed by atoms with van der Waals surface area (Å²) in [6.07, 6.45) is -1.53. The van der Waals surface area contributed by atoms with E-state index < -0.39 is 36.0 Å². The quantitative estimate of drug-likeness (QED) is 0.691. The molecular formula is C15H24FNO5. The Morgan fingerprint density at radius 3 is 2.59 bits per heavy atom. The highest BCUT2D eigenvalue weighted by molar-refractivity contribution is 5.83. The lowest BCUT2D eigenvalue weighted by Crippen LogP contribution is -2.48. The van der Waals surface area contributed by atoms with Crippen molar-refractivity contribution in [1.82, 2.24) is 4.90 Å². The van der Waals surface area contributed by atoms with E-state index >= 15 is 0 Å². The van der Waals surface area contributed by atoms with Gasteiger partial charge in [0.25, 0.3) is 0 Å². The number of methoxy groups -OCH3 is 1. The summed E-state index contributed by atoms with van der Waals surface area (Å²) in [6, 6.07) is -0.879. The summed E-state index contributed by atoms with van der Waals surface area (Å²) in [6.45, 7) is 5.72. The molecule has 0 aromatic rings. The minimum absolute atomic E-state index is 0.228. The molecule has 2 aliphatic heterocycles. The SMILES string of the molecule is COC(=O)C1C2OCCC(F)C[C@H]2CN1C(=O)OC(C)(C)C. The second kappa shape index (κ2) is 6.40. The van der Waals surface area contributed by atoms with E-state index in [1.807, 2.05) is 0 Å². The fraction of sp³-hybridized carbons (Fsp3) is 0.867. The van der Waals surface area contributed by atoms with Crippen LogP contribution in [0.25, 0.3) is 0 Å². The molecule has 0 bridgehead atoms. The second-order valence-electron chi connectivity index (χ2n) is 6.82. The van der Waals surface area contributed by atoms with Crippen molar-refractivity contribution in [2.24, 2.45) is 5.92 Å². The van der Waals surface area contributed by atoms with Gasteiger partial charge < -0.3 is 14.2 Å². The van der Waals surface area contributed by atoms with Gasteiger partial charge in [-0.1, -0.05) is 0 Å². The number of ether oxygens (including phenoxy) is 3. The van der Waals surface area contributed by atoms with Crippen LogP contribution in [-0.4, -0.2) is 61.1 Å². The highest BCUT2D eigenvalue weighted by Crippen LogP contribution is 2.35. The Balaban J connectivity index is 2.21. The minimum atomic E-state index is -0.980. The van der Waals surface area contributed by atoms with E-state index in [0.717, 1.165) is 0 Å². The van der Waals surface area contributed by atoms with E-state index in [0.29, 0.717) is 6.42 Å². The number of nitrogens with zero attached hydrogens (tertiary/aromatic N) is 1. The number of amides is 1. The fourth-order valence-corrected chi connectivity index (χ4v) is 3.01. The van der Waals surface area contributed by atoms with Crippen LogP contribution in [-0.2, 0) is 19.0 Å². The van der Waals surface area contributed by atoms with Gasteiger partial charge in [0.05, 0.1) is 13.2 Å². The van der Waals surface area contributed by atoms with Crippen LogP contribution in [0.15, 0.2) is 0 Å². The van der Waals surface area contributed by atoms with E-state index in [1.165, 1.54) is 12.0 Å². The fourth-order valence-electron chi connectivity index (χ4n) is 3.01. The maximum absolute atomic E-state index is 13.8. The van der Waals surface area contributed by atoms with Crippen molar-refractivity contribution in [2.75, 3.05) is 20.3 Å². The van der Waals surface area contributed by atoms with E-state index in [1.54, 1.807) is 20.8 Å². The smallest absolute Gasteiger partial charge is 0.411 e. The normalized spacial score (nSPS) is 32.1. The molecule has 126 valence electrons. The lowest BCUT2D eigenvalue weighted by molar-refractivity contribution is -0.150. The molecule has 0 spiro atoms. The molecule has 2 aliphatic rings. The Labute approximate surface area is 129 Å². The van der Waals surface area contributed by atoms with Crippen molar-refractivity contribution in [1.29, 1.82) is 0 Å². The molecule has 0 N–H and O–H groups in total. The van der Waals surface area contributed by atoms with Crippen molar-refractivity contribution in [2.45, 2.75) is 57.5 Å². The van der Waals surface area contributed by atoms with Gasteiger partial charge >= 0.3 is 12.1 Å². The summed E-state index contributed by atoms with van der Waals surface area (Å²) < 4.78 is 29.6. The monoisotopic (exact) mass is 317 g/mol. The molecule has 0 saturated carbocycles. The summed E-state index contributed by atoms with van der Waals surface area (Å²) in [7, 11) is 1.26. The van der Waals surface area contributed by atoms with E-state index in [9.17, 15) is 14.0 Å². The van der Waals surface area contributed by atoms with Crippen LogP contribution in [0.1, 0.15) is 33.6 Å². The molecule has 0 aromatic heterocycles. The highest BCUT2D eigenvalue weighted by atomic mass is 19.1. The number of esters is 1. The maximum atomic E-state index is 13.8. The predicted octanol–water partition coefficient (Wildman–Crippen LogP) is 1.91. The number of rotatable bonds is 1. The number of likely N-dealkylation sites (tertiary alicyclic amines) is 1. The van der Waals surface area contributed by atoms with Gasteiger partial charge in [-0.05, 0) is 27.2 Å². The summed E-state index contributed by atoms with van der Waals surface area (Å²) in [5.74, 6) is -0.787. The van der Waals surface area contributed by atoms with Crippen molar-refractivity contribution < 1.29 is 28.2 Å². The molecule has 0 aliphatic carbocycles. The first-order chi connectivity index (χ1) is 10.2. The largest absolute Gasteiger partial charge is 0.467 e. The zero-order chi connectivity index (χ0) is 16.5. The molecule has 4 atom stereocenters. The average Bonchev–Trinajstić information content (AvgIpc) is 2.65. The Morgan fingerprint density at radius 1 is 1.32 bits per heavy atom. The average molecular weight is 317 g/mol. The van der Waals surface area contributed by atoms with E-state index in [-0.39, 0.29) is 25.5 Å². The van der Waals surface area contributed by atoms with Crippen LogP contribution in [0.4, 0.5) is 9.18 Å². The van der Waals surface area contributed by atoms with Crippen molar-refractivity contribution in [3.63, 3.8) is 0 Å². The lowest BCUT2D eigenvalue weighted by atomic mass is 9.96. The van der Waals surface area contributed by atoms with Gasteiger partial charge in [0.2, 0.25) is 0 Å². The molecular weight excluding hydrogens is 293 g/mol. The van der Waals surface area contributed by atoms with Gasteiger partial charge in [0.15, 0.2) is 6.04 Å². The summed E-state index contributed by atoms with van der Waals surface area (Å²) >= 11 is 0. The molecule has 6 nitrogen and oxygen atoms in total. The minimum Gasteiger partial charge on any atom is -0.467 e. The van der Waals surface area contributed by atoms with Crippen LogP contribution >= 0.6 is 0 Å². The molecule has 0 aromatic carbocycles.